The molecule has 0 unspecified atom stereocenters. The van der Waals surface area contributed by atoms with Gasteiger partial charge in [-0.25, -0.2) is 0 Å². The van der Waals surface area contributed by atoms with Gasteiger partial charge in [-0.05, 0) is 23.5 Å². The Balaban J connectivity index is 2.20. The SMILES string of the molecule is O=C/C=C/SCCc1ccccc1. The molecule has 2 heteroatoms. The van der Waals surface area contributed by atoms with E-state index in [1.165, 1.54) is 11.6 Å². The number of hydrogen-bond donors (Lipinski definition) is 0. The maximum Gasteiger partial charge on any atom is 0.143 e. The summed E-state index contributed by atoms with van der Waals surface area (Å²) in [6.45, 7) is 0. The van der Waals surface area contributed by atoms with Gasteiger partial charge in [-0.1, -0.05) is 30.3 Å². The summed E-state index contributed by atoms with van der Waals surface area (Å²) in [5.41, 5.74) is 1.34. The summed E-state index contributed by atoms with van der Waals surface area (Å²) < 4.78 is 0. The third-order valence-corrected chi connectivity index (χ3v) is 2.39. The zero-order valence-electron chi connectivity index (χ0n) is 7.35. The molecule has 68 valence electrons. The van der Waals surface area contributed by atoms with Crippen LogP contribution in [0.15, 0.2) is 41.8 Å². The van der Waals surface area contributed by atoms with Crippen molar-refractivity contribution in [3.63, 3.8) is 0 Å². The van der Waals surface area contributed by atoms with E-state index in [9.17, 15) is 4.79 Å². The molecule has 0 heterocycles. The lowest BCUT2D eigenvalue weighted by molar-refractivity contribution is -0.104. The van der Waals surface area contributed by atoms with Gasteiger partial charge in [-0.3, -0.25) is 4.79 Å². The van der Waals surface area contributed by atoms with Gasteiger partial charge in [0.1, 0.15) is 6.29 Å². The lowest BCUT2D eigenvalue weighted by Crippen LogP contribution is -1.85. The smallest absolute Gasteiger partial charge is 0.143 e. The van der Waals surface area contributed by atoms with Gasteiger partial charge in [0.2, 0.25) is 0 Å². The van der Waals surface area contributed by atoms with Crippen molar-refractivity contribution in [2.75, 3.05) is 5.75 Å². The zero-order chi connectivity index (χ0) is 9.36. The van der Waals surface area contributed by atoms with Crippen molar-refractivity contribution >= 4 is 18.0 Å². The van der Waals surface area contributed by atoms with Crippen molar-refractivity contribution < 1.29 is 4.79 Å². The molecule has 1 nitrogen and oxygen atoms in total. The maximum absolute atomic E-state index is 9.94. The zero-order valence-corrected chi connectivity index (χ0v) is 8.17. The largest absolute Gasteiger partial charge is 0.299 e. The van der Waals surface area contributed by atoms with E-state index >= 15 is 0 Å². The lowest BCUT2D eigenvalue weighted by Gasteiger charge is -1.97. The first kappa shape index (κ1) is 10.1. The van der Waals surface area contributed by atoms with E-state index < -0.39 is 0 Å². The van der Waals surface area contributed by atoms with Gasteiger partial charge in [0.15, 0.2) is 0 Å². The average Bonchev–Trinajstić information content (AvgIpc) is 2.19. The number of benzene rings is 1. The molecule has 1 rings (SSSR count). The van der Waals surface area contributed by atoms with Crippen LogP contribution in [0.2, 0.25) is 0 Å². The summed E-state index contributed by atoms with van der Waals surface area (Å²) in [6.07, 6.45) is 3.37. The number of allylic oxidation sites excluding steroid dienone is 1. The number of aldehydes is 1. The molecule has 13 heavy (non-hydrogen) atoms. The highest BCUT2D eigenvalue weighted by Gasteiger charge is 1.89. The number of aryl methyl sites for hydroxylation is 1. The van der Waals surface area contributed by atoms with Crippen LogP contribution in [0.1, 0.15) is 5.56 Å². The fourth-order valence-electron chi connectivity index (χ4n) is 0.977. The van der Waals surface area contributed by atoms with E-state index in [2.05, 4.69) is 12.1 Å². The van der Waals surface area contributed by atoms with Crippen LogP contribution in [0, 0.1) is 0 Å². The Hall–Kier alpha value is -1.02. The first-order chi connectivity index (χ1) is 6.43. The number of thioether (sulfide) groups is 1. The van der Waals surface area contributed by atoms with E-state index in [1.54, 1.807) is 11.8 Å². The van der Waals surface area contributed by atoms with E-state index in [0.29, 0.717) is 0 Å². The van der Waals surface area contributed by atoms with E-state index in [0.717, 1.165) is 18.5 Å². The molecular formula is C11H12OS. The molecule has 0 saturated heterocycles. The van der Waals surface area contributed by atoms with Crippen LogP contribution < -0.4 is 0 Å². The molecule has 0 spiro atoms. The van der Waals surface area contributed by atoms with Crippen LogP contribution in [0.25, 0.3) is 0 Å². The van der Waals surface area contributed by atoms with Crippen molar-refractivity contribution in [1.82, 2.24) is 0 Å². The summed E-state index contributed by atoms with van der Waals surface area (Å²) >= 11 is 1.66. The Morgan fingerprint density at radius 3 is 2.69 bits per heavy atom. The molecule has 1 aromatic carbocycles. The van der Waals surface area contributed by atoms with Crippen molar-refractivity contribution in [3.8, 4) is 0 Å². The molecular weight excluding hydrogens is 180 g/mol. The minimum Gasteiger partial charge on any atom is -0.299 e. The molecule has 0 radical (unpaired) electrons. The highest BCUT2D eigenvalue weighted by atomic mass is 32.2. The van der Waals surface area contributed by atoms with E-state index in [-0.39, 0.29) is 0 Å². The highest BCUT2D eigenvalue weighted by molar-refractivity contribution is 8.02. The second-order valence-corrected chi connectivity index (χ2v) is 3.58. The molecule has 0 aliphatic heterocycles. The summed E-state index contributed by atoms with van der Waals surface area (Å²) in [5.74, 6) is 1.02. The quantitative estimate of drug-likeness (QED) is 0.405. The Bertz CT molecular complexity index is 267. The Kier molecular flexibility index (Phi) is 5.02. The van der Waals surface area contributed by atoms with Gasteiger partial charge >= 0.3 is 0 Å². The van der Waals surface area contributed by atoms with Crippen LogP contribution in [-0.2, 0) is 11.2 Å². The van der Waals surface area contributed by atoms with Crippen LogP contribution in [-0.4, -0.2) is 12.0 Å². The normalized spacial score (nSPS) is 10.5. The van der Waals surface area contributed by atoms with Crippen LogP contribution in [0.4, 0.5) is 0 Å². The molecule has 0 aliphatic rings. The standard InChI is InChI=1S/C11H12OS/c12-8-4-9-13-10-7-11-5-2-1-3-6-11/h1-6,8-9H,7,10H2/b9-4+. The fourth-order valence-corrected chi connectivity index (χ4v) is 1.64. The monoisotopic (exact) mass is 192 g/mol. The number of hydrogen-bond acceptors (Lipinski definition) is 2. The van der Waals surface area contributed by atoms with Crippen molar-refractivity contribution in [2.24, 2.45) is 0 Å². The summed E-state index contributed by atoms with van der Waals surface area (Å²) in [6, 6.07) is 10.3. The number of rotatable bonds is 5. The second kappa shape index (κ2) is 6.49. The highest BCUT2D eigenvalue weighted by Crippen LogP contribution is 2.07. The third-order valence-electron chi connectivity index (χ3n) is 1.60. The minimum atomic E-state index is 0.801. The molecule has 0 amide bonds. The molecule has 0 atom stereocenters. The van der Waals surface area contributed by atoms with Crippen molar-refractivity contribution in [3.05, 3.63) is 47.4 Å². The molecule has 0 aliphatic carbocycles. The minimum absolute atomic E-state index is 0.801. The topological polar surface area (TPSA) is 17.1 Å². The Morgan fingerprint density at radius 2 is 2.00 bits per heavy atom. The second-order valence-electron chi connectivity index (χ2n) is 2.57. The Morgan fingerprint density at radius 1 is 1.23 bits per heavy atom. The van der Waals surface area contributed by atoms with Crippen molar-refractivity contribution in [1.29, 1.82) is 0 Å². The summed E-state index contributed by atoms with van der Waals surface area (Å²) in [4.78, 5) is 9.94. The first-order valence-corrected chi connectivity index (χ1v) is 5.24. The van der Waals surface area contributed by atoms with E-state index in [4.69, 9.17) is 0 Å². The molecule has 0 fully saturated rings. The predicted molar refractivity (Wildman–Crippen MR) is 57.8 cm³/mol. The average molecular weight is 192 g/mol. The number of carbonyl (C=O) groups is 1. The van der Waals surface area contributed by atoms with Gasteiger partial charge in [-0.15, -0.1) is 11.8 Å². The van der Waals surface area contributed by atoms with Crippen LogP contribution in [0.5, 0.6) is 0 Å². The maximum atomic E-state index is 9.94. The van der Waals surface area contributed by atoms with Crippen LogP contribution in [0.3, 0.4) is 0 Å². The van der Waals surface area contributed by atoms with Crippen LogP contribution >= 0.6 is 11.8 Å². The fraction of sp³-hybridized carbons (Fsp3) is 0.182. The Labute approximate surface area is 82.9 Å². The molecule has 0 aromatic heterocycles. The van der Waals surface area contributed by atoms with Gasteiger partial charge in [-0.2, -0.15) is 0 Å². The van der Waals surface area contributed by atoms with Crippen molar-refractivity contribution in [2.45, 2.75) is 6.42 Å². The predicted octanol–water partition coefficient (Wildman–Crippen LogP) is 2.67. The van der Waals surface area contributed by atoms with Gasteiger partial charge in [0.05, 0.1) is 0 Å². The summed E-state index contributed by atoms with van der Waals surface area (Å²) in [7, 11) is 0. The molecule has 0 N–H and O–H groups in total. The third kappa shape index (κ3) is 4.53. The molecule has 0 saturated carbocycles. The van der Waals surface area contributed by atoms with Gasteiger partial charge < -0.3 is 0 Å². The molecule has 0 bridgehead atoms. The molecule has 1 aromatic rings. The number of carbonyl (C=O) groups excluding carboxylic acids is 1. The first-order valence-electron chi connectivity index (χ1n) is 4.19. The van der Waals surface area contributed by atoms with E-state index in [1.807, 2.05) is 23.6 Å². The van der Waals surface area contributed by atoms with Gasteiger partial charge in [0.25, 0.3) is 0 Å². The lowest BCUT2D eigenvalue weighted by atomic mass is 10.2. The summed E-state index contributed by atoms with van der Waals surface area (Å²) in [5, 5.41) is 1.83. The van der Waals surface area contributed by atoms with Gasteiger partial charge in [0, 0.05) is 5.75 Å².